The lowest BCUT2D eigenvalue weighted by atomic mass is 10.0. The number of nitrogens with one attached hydrogen (secondary N) is 1. The van der Waals surface area contributed by atoms with Crippen LogP contribution in [0.5, 0.6) is 0 Å². The molecule has 1 aromatic heterocycles. The van der Waals surface area contributed by atoms with E-state index in [1.807, 2.05) is 35.9 Å². The van der Waals surface area contributed by atoms with Crippen LogP contribution in [0.2, 0.25) is 0 Å². The van der Waals surface area contributed by atoms with Gasteiger partial charge >= 0.3 is 0 Å². The summed E-state index contributed by atoms with van der Waals surface area (Å²) in [6.45, 7) is 2.83. The van der Waals surface area contributed by atoms with Crippen molar-refractivity contribution < 1.29 is 9.90 Å². The van der Waals surface area contributed by atoms with Gasteiger partial charge in [0.1, 0.15) is 0 Å². The number of hydrogen-bond donors (Lipinski definition) is 2. The third kappa shape index (κ3) is 4.05. The molecule has 0 saturated heterocycles. The van der Waals surface area contributed by atoms with Gasteiger partial charge in [0.25, 0.3) is 0 Å². The van der Waals surface area contributed by atoms with Gasteiger partial charge in [0.15, 0.2) is 0 Å². The second-order valence-corrected chi connectivity index (χ2v) is 7.39. The molecular weight excluding hydrogens is 370 g/mol. The fourth-order valence-corrected chi connectivity index (χ4v) is 3.80. The predicted molar refractivity (Wildman–Crippen MR) is 95.5 cm³/mol. The molecule has 24 heavy (non-hydrogen) atoms. The van der Waals surface area contributed by atoms with Gasteiger partial charge in [0.2, 0.25) is 5.91 Å². The minimum Gasteiger partial charge on any atom is -0.391 e. The molecule has 1 heterocycles. The number of aromatic nitrogens is 2. The summed E-state index contributed by atoms with van der Waals surface area (Å²) >= 11 is 3.49. The number of aliphatic hydroxyl groups excluding tert-OH is 1. The summed E-state index contributed by atoms with van der Waals surface area (Å²) in [5, 5.41) is 13.3. The Labute approximate surface area is 150 Å². The summed E-state index contributed by atoms with van der Waals surface area (Å²) in [5.74, 6) is 0.315. The highest BCUT2D eigenvalue weighted by molar-refractivity contribution is 9.10. The lowest BCUT2D eigenvalue weighted by Gasteiger charge is -2.17. The largest absolute Gasteiger partial charge is 0.391 e. The van der Waals surface area contributed by atoms with Gasteiger partial charge in [-0.25, -0.2) is 4.98 Å². The number of aliphatic hydroxyl groups is 1. The molecule has 1 fully saturated rings. The Morgan fingerprint density at radius 1 is 1.46 bits per heavy atom. The second kappa shape index (κ2) is 7.49. The first-order chi connectivity index (χ1) is 11.5. The maximum absolute atomic E-state index is 12.3. The van der Waals surface area contributed by atoms with Crippen molar-refractivity contribution >= 4 is 21.8 Å². The number of hydrogen-bond acceptors (Lipinski definition) is 3. The molecule has 0 aliphatic heterocycles. The van der Waals surface area contributed by atoms with Crippen LogP contribution in [-0.2, 0) is 17.8 Å². The number of halogens is 1. The molecule has 3 rings (SSSR count). The summed E-state index contributed by atoms with van der Waals surface area (Å²) in [6.07, 6.45) is 6.82. The van der Waals surface area contributed by atoms with Crippen LogP contribution in [0, 0.1) is 12.8 Å². The Hall–Kier alpha value is -1.66. The van der Waals surface area contributed by atoms with Crippen molar-refractivity contribution in [3.63, 3.8) is 0 Å². The van der Waals surface area contributed by atoms with Crippen molar-refractivity contribution in [2.75, 3.05) is 0 Å². The molecule has 128 valence electrons. The van der Waals surface area contributed by atoms with Crippen LogP contribution in [0.4, 0.5) is 0 Å². The maximum atomic E-state index is 12.3. The molecule has 0 bridgehead atoms. The first-order valence-corrected chi connectivity index (χ1v) is 8.99. The van der Waals surface area contributed by atoms with Crippen LogP contribution in [0.3, 0.4) is 0 Å². The fourth-order valence-electron chi connectivity index (χ4n) is 3.39. The summed E-state index contributed by atoms with van der Waals surface area (Å²) in [4.78, 5) is 16.4. The fraction of sp³-hybridized carbons (Fsp3) is 0.444. The van der Waals surface area contributed by atoms with Gasteiger partial charge in [-0.3, -0.25) is 4.79 Å². The van der Waals surface area contributed by atoms with E-state index < -0.39 is 6.10 Å². The van der Waals surface area contributed by atoms with Gasteiger partial charge < -0.3 is 15.0 Å². The molecule has 1 aliphatic carbocycles. The molecule has 0 radical (unpaired) electrons. The van der Waals surface area contributed by atoms with Crippen molar-refractivity contribution in [1.29, 1.82) is 0 Å². The van der Waals surface area contributed by atoms with Gasteiger partial charge in [0, 0.05) is 23.4 Å². The van der Waals surface area contributed by atoms with E-state index in [-0.39, 0.29) is 11.9 Å². The Balaban J connectivity index is 1.55. The average Bonchev–Trinajstić information content (AvgIpc) is 3.15. The molecule has 0 spiro atoms. The van der Waals surface area contributed by atoms with E-state index in [4.69, 9.17) is 0 Å². The Bertz CT molecular complexity index is 702. The number of carbonyl (C=O) groups excluding carboxylic acids is 1. The van der Waals surface area contributed by atoms with E-state index in [1.165, 1.54) is 0 Å². The van der Waals surface area contributed by atoms with Crippen molar-refractivity contribution in [3.05, 3.63) is 52.5 Å². The zero-order chi connectivity index (χ0) is 17.1. The highest BCUT2D eigenvalue weighted by Crippen LogP contribution is 2.28. The molecule has 1 aromatic carbocycles. The third-order valence-electron chi connectivity index (χ3n) is 4.73. The third-order valence-corrected chi connectivity index (χ3v) is 5.59. The van der Waals surface area contributed by atoms with Crippen molar-refractivity contribution in [2.45, 2.75) is 44.9 Å². The number of carbonyl (C=O) groups is 1. The van der Waals surface area contributed by atoms with E-state index in [0.717, 1.165) is 28.6 Å². The van der Waals surface area contributed by atoms with Crippen molar-refractivity contribution in [2.24, 2.45) is 5.92 Å². The zero-order valence-corrected chi connectivity index (χ0v) is 15.2. The molecule has 3 atom stereocenters. The number of rotatable bonds is 5. The minimum atomic E-state index is -0.480. The van der Waals surface area contributed by atoms with Crippen LogP contribution in [0.1, 0.15) is 24.0 Å². The molecule has 5 nitrogen and oxygen atoms in total. The lowest BCUT2D eigenvalue weighted by molar-refractivity contribution is -0.121. The summed E-state index contributed by atoms with van der Waals surface area (Å²) in [6, 6.07) is 5.70. The quantitative estimate of drug-likeness (QED) is 0.822. The summed E-state index contributed by atoms with van der Waals surface area (Å²) < 4.78 is 3.03. The Kier molecular flexibility index (Phi) is 5.36. The van der Waals surface area contributed by atoms with Crippen LogP contribution >= 0.6 is 15.9 Å². The van der Waals surface area contributed by atoms with Gasteiger partial charge in [-0.05, 0) is 42.9 Å². The molecule has 2 N–H and O–H groups in total. The molecule has 2 aromatic rings. The average molecular weight is 392 g/mol. The van der Waals surface area contributed by atoms with Crippen molar-refractivity contribution in [3.8, 4) is 0 Å². The number of benzene rings is 1. The standard InChI is InChI=1S/C18H22BrN3O2/c1-12-14(3-2-4-15(12)19)9-18(24)21-16-7-13(8-17(16)23)10-22-6-5-20-11-22/h2-6,11,13,16-17,23H,7-10H2,1H3,(H,21,24)/t13?,16-,17-/m1/s1. The van der Waals surface area contributed by atoms with Gasteiger partial charge in [-0.1, -0.05) is 28.1 Å². The smallest absolute Gasteiger partial charge is 0.224 e. The van der Waals surface area contributed by atoms with Crippen LogP contribution in [0.15, 0.2) is 41.4 Å². The monoisotopic (exact) mass is 391 g/mol. The molecule has 6 heteroatoms. The number of nitrogens with zero attached hydrogens (tertiary/aromatic N) is 2. The van der Waals surface area contributed by atoms with Gasteiger partial charge in [-0.2, -0.15) is 0 Å². The maximum Gasteiger partial charge on any atom is 0.224 e. The molecule has 1 unspecified atom stereocenters. The van der Waals surface area contributed by atoms with Gasteiger partial charge in [0.05, 0.1) is 24.9 Å². The van der Waals surface area contributed by atoms with E-state index in [2.05, 4.69) is 26.2 Å². The first kappa shape index (κ1) is 17.2. The lowest BCUT2D eigenvalue weighted by Crippen LogP contribution is -2.40. The molecule has 1 amide bonds. The van der Waals surface area contributed by atoms with E-state index >= 15 is 0 Å². The highest BCUT2D eigenvalue weighted by atomic mass is 79.9. The normalized spacial score (nSPS) is 23.4. The van der Waals surface area contributed by atoms with Gasteiger partial charge in [-0.15, -0.1) is 0 Å². The molecule has 1 saturated carbocycles. The molecule has 1 aliphatic rings. The Morgan fingerprint density at radius 3 is 3.04 bits per heavy atom. The van der Waals surface area contributed by atoms with Crippen molar-refractivity contribution in [1.82, 2.24) is 14.9 Å². The van der Waals surface area contributed by atoms with Crippen LogP contribution in [0.25, 0.3) is 0 Å². The number of amides is 1. The van der Waals surface area contributed by atoms with E-state index in [0.29, 0.717) is 18.8 Å². The molecular formula is C18H22BrN3O2. The highest BCUT2D eigenvalue weighted by Gasteiger charge is 2.34. The minimum absolute atomic E-state index is 0.0384. The number of imidazole rings is 1. The zero-order valence-electron chi connectivity index (χ0n) is 13.7. The van der Waals surface area contributed by atoms with E-state index in [1.54, 1.807) is 12.5 Å². The van der Waals surface area contributed by atoms with Crippen LogP contribution < -0.4 is 5.32 Å². The Morgan fingerprint density at radius 2 is 2.29 bits per heavy atom. The summed E-state index contributed by atoms with van der Waals surface area (Å²) in [7, 11) is 0. The SMILES string of the molecule is Cc1c(Br)cccc1CC(=O)N[C@@H]1CC(Cn2ccnc2)C[C@H]1O. The van der Waals surface area contributed by atoms with Crippen LogP contribution in [-0.4, -0.2) is 32.7 Å². The topological polar surface area (TPSA) is 67.2 Å². The van der Waals surface area contributed by atoms with E-state index in [9.17, 15) is 9.90 Å². The first-order valence-electron chi connectivity index (χ1n) is 8.20. The summed E-state index contributed by atoms with van der Waals surface area (Å²) in [5.41, 5.74) is 2.09. The predicted octanol–water partition coefficient (Wildman–Crippen LogP) is 2.45. The second-order valence-electron chi connectivity index (χ2n) is 6.54.